The van der Waals surface area contributed by atoms with E-state index < -0.39 is 17.7 Å². The van der Waals surface area contributed by atoms with Gasteiger partial charge in [0.15, 0.2) is 11.8 Å². The molecule has 1 N–H and O–H groups in total. The van der Waals surface area contributed by atoms with Crippen molar-refractivity contribution in [1.29, 1.82) is 0 Å². The van der Waals surface area contributed by atoms with E-state index in [0.717, 1.165) is 46.5 Å². The van der Waals surface area contributed by atoms with Crippen LogP contribution in [0.25, 0.3) is 28.0 Å². The number of aliphatic carboxylic acids is 1. The van der Waals surface area contributed by atoms with Crippen molar-refractivity contribution in [2.75, 3.05) is 24.6 Å². The number of carboxylic acids is 1. The average Bonchev–Trinajstić information content (AvgIpc) is 3.41. The standard InChI is InChI=1S/C36H42N4O5/c1-23-12-13-29-27(20-23)25-10-9-11-26(21-25)28-22-30-37-24(2)31(32(34(41)42)45-35(3,4)5)33(40(30)38-28)39-16-14-36(6,15-17-39)44-19-8-7-18-43-29/h8-13,19-22,32H,7,14-18H2,1-6H3,(H,41,42)/b19-8+/t32-/m0/s1. The van der Waals surface area contributed by atoms with Crippen molar-refractivity contribution in [2.24, 2.45) is 0 Å². The van der Waals surface area contributed by atoms with Gasteiger partial charge in [0.05, 0.1) is 29.7 Å². The number of benzene rings is 2. The Morgan fingerprint density at radius 3 is 2.56 bits per heavy atom. The highest BCUT2D eigenvalue weighted by Gasteiger charge is 2.38. The van der Waals surface area contributed by atoms with Crippen molar-refractivity contribution in [3.8, 4) is 28.1 Å². The maximum atomic E-state index is 12.8. The SMILES string of the molecule is Cc1ccc2c(c1)-c1cccc(c1)-c1cc3nc(C)c([C@H](OC(C)(C)C)C(=O)O)c(n3n1)N1CCC(C)(CC1)O/C=C/CCO2. The number of aryl methyl sites for hydroxylation is 2. The fourth-order valence-corrected chi connectivity index (χ4v) is 6.12. The smallest absolute Gasteiger partial charge is 0.337 e. The van der Waals surface area contributed by atoms with Gasteiger partial charge in [-0.3, -0.25) is 0 Å². The van der Waals surface area contributed by atoms with Crippen LogP contribution in [0.1, 0.15) is 69.9 Å². The van der Waals surface area contributed by atoms with Crippen molar-refractivity contribution < 1.29 is 24.1 Å². The highest BCUT2D eigenvalue weighted by molar-refractivity contribution is 5.80. The lowest BCUT2D eigenvalue weighted by Gasteiger charge is -2.41. The van der Waals surface area contributed by atoms with Crippen LogP contribution in [-0.2, 0) is 14.3 Å². The minimum Gasteiger partial charge on any atom is -0.495 e. The molecule has 3 aliphatic rings. The number of hydrogen-bond donors (Lipinski definition) is 1. The number of carbonyl (C=O) groups is 1. The van der Waals surface area contributed by atoms with Crippen molar-refractivity contribution in [3.63, 3.8) is 0 Å². The normalized spacial score (nSPS) is 17.9. The van der Waals surface area contributed by atoms with Gasteiger partial charge in [-0.15, -0.1) is 0 Å². The summed E-state index contributed by atoms with van der Waals surface area (Å²) in [5.74, 6) is 0.454. The van der Waals surface area contributed by atoms with Crippen LogP contribution in [0.3, 0.4) is 0 Å². The van der Waals surface area contributed by atoms with Crippen LogP contribution in [0, 0.1) is 13.8 Å². The molecular weight excluding hydrogens is 568 g/mol. The third kappa shape index (κ3) is 6.40. The quantitative estimate of drug-likeness (QED) is 0.258. The van der Waals surface area contributed by atoms with Gasteiger partial charge in [-0.1, -0.05) is 29.8 Å². The molecule has 2 aromatic carbocycles. The molecule has 0 saturated carbocycles. The lowest BCUT2D eigenvalue weighted by Crippen LogP contribution is -2.45. The number of fused-ring (bicyclic) bond motifs is 6. The molecule has 2 aromatic heterocycles. The van der Waals surface area contributed by atoms with Gasteiger partial charge in [0.2, 0.25) is 0 Å². The Balaban J connectivity index is 1.56. The minimum atomic E-state index is -1.22. The maximum absolute atomic E-state index is 12.8. The molecular formula is C36H42N4O5. The Bertz CT molecular complexity index is 1760. The van der Waals surface area contributed by atoms with Crippen molar-refractivity contribution in [1.82, 2.24) is 14.6 Å². The van der Waals surface area contributed by atoms with E-state index in [9.17, 15) is 9.90 Å². The first-order chi connectivity index (χ1) is 21.4. The van der Waals surface area contributed by atoms with Crippen molar-refractivity contribution in [3.05, 3.63) is 77.7 Å². The highest BCUT2D eigenvalue weighted by Crippen LogP contribution is 2.39. The zero-order chi connectivity index (χ0) is 31.9. The van der Waals surface area contributed by atoms with E-state index in [1.165, 1.54) is 0 Å². The van der Waals surface area contributed by atoms with Gasteiger partial charge in [-0.05, 0) is 71.4 Å². The van der Waals surface area contributed by atoms with E-state index in [1.807, 2.05) is 58.0 Å². The number of piperidine rings is 1. The van der Waals surface area contributed by atoms with E-state index in [-0.39, 0.29) is 5.60 Å². The highest BCUT2D eigenvalue weighted by atomic mass is 16.5. The number of ether oxygens (including phenoxy) is 3. The van der Waals surface area contributed by atoms with E-state index in [4.69, 9.17) is 24.3 Å². The lowest BCUT2D eigenvalue weighted by molar-refractivity contribution is -0.160. The summed E-state index contributed by atoms with van der Waals surface area (Å²) in [5.41, 5.74) is 5.56. The Morgan fingerprint density at radius 1 is 1.07 bits per heavy atom. The summed E-state index contributed by atoms with van der Waals surface area (Å²) >= 11 is 0. The van der Waals surface area contributed by atoms with E-state index in [0.29, 0.717) is 48.8 Å². The third-order valence-electron chi connectivity index (χ3n) is 8.48. The molecule has 0 amide bonds. The number of anilines is 1. The first kappa shape index (κ1) is 30.6. The van der Waals surface area contributed by atoms with Gasteiger partial charge in [-0.25, -0.2) is 9.78 Å². The first-order valence-corrected chi connectivity index (χ1v) is 15.6. The van der Waals surface area contributed by atoms with Gasteiger partial charge >= 0.3 is 5.97 Å². The lowest BCUT2D eigenvalue weighted by atomic mass is 9.92. The van der Waals surface area contributed by atoms with Crippen LogP contribution in [0.2, 0.25) is 0 Å². The van der Waals surface area contributed by atoms with Crippen LogP contribution in [0.5, 0.6) is 5.75 Å². The summed E-state index contributed by atoms with van der Waals surface area (Å²) in [4.78, 5) is 19.9. The van der Waals surface area contributed by atoms with E-state index in [1.54, 1.807) is 10.8 Å². The minimum absolute atomic E-state index is 0.356. The fraction of sp³-hybridized carbons (Fsp3) is 0.417. The fourth-order valence-electron chi connectivity index (χ4n) is 6.12. The molecule has 4 aromatic rings. The van der Waals surface area contributed by atoms with E-state index >= 15 is 0 Å². The molecule has 0 spiro atoms. The summed E-state index contributed by atoms with van der Waals surface area (Å²) in [7, 11) is 0. The molecule has 1 saturated heterocycles. The first-order valence-electron chi connectivity index (χ1n) is 15.6. The topological polar surface area (TPSA) is 98.4 Å². The maximum Gasteiger partial charge on any atom is 0.337 e. The Kier molecular flexibility index (Phi) is 8.07. The largest absolute Gasteiger partial charge is 0.495 e. The molecule has 7 rings (SSSR count). The second-order valence-electron chi connectivity index (χ2n) is 13.3. The van der Waals surface area contributed by atoms with Crippen LogP contribution in [0.4, 0.5) is 5.82 Å². The van der Waals surface area contributed by atoms with Gasteiger partial charge < -0.3 is 24.2 Å². The van der Waals surface area contributed by atoms with Gasteiger partial charge in [0, 0.05) is 55.2 Å². The summed E-state index contributed by atoms with van der Waals surface area (Å²) in [6.07, 6.45) is 4.80. The average molecular weight is 611 g/mol. The summed E-state index contributed by atoms with van der Waals surface area (Å²) in [5, 5.41) is 15.5. The monoisotopic (exact) mass is 610 g/mol. The van der Waals surface area contributed by atoms with Crippen LogP contribution >= 0.6 is 0 Å². The Hall–Kier alpha value is -4.37. The molecule has 45 heavy (non-hydrogen) atoms. The number of nitrogens with zero attached hydrogens (tertiary/aromatic N) is 4. The molecule has 3 aliphatic heterocycles. The zero-order valence-electron chi connectivity index (χ0n) is 27.0. The molecule has 9 nitrogen and oxygen atoms in total. The van der Waals surface area contributed by atoms with Crippen molar-refractivity contribution >= 4 is 17.4 Å². The second-order valence-corrected chi connectivity index (χ2v) is 13.3. The molecule has 0 unspecified atom stereocenters. The molecule has 236 valence electrons. The third-order valence-corrected chi connectivity index (χ3v) is 8.48. The molecule has 6 bridgehead atoms. The molecule has 1 fully saturated rings. The van der Waals surface area contributed by atoms with Crippen molar-refractivity contribution in [2.45, 2.75) is 78.1 Å². The predicted molar refractivity (Wildman–Crippen MR) is 175 cm³/mol. The molecule has 9 heteroatoms. The number of hydrogen-bond acceptors (Lipinski definition) is 7. The second kappa shape index (κ2) is 11.9. The summed E-state index contributed by atoms with van der Waals surface area (Å²) in [6, 6.07) is 16.5. The zero-order valence-corrected chi connectivity index (χ0v) is 27.0. The number of aromatic nitrogens is 3. The van der Waals surface area contributed by atoms with Gasteiger partial charge in [0.1, 0.15) is 17.2 Å². The summed E-state index contributed by atoms with van der Waals surface area (Å²) in [6.45, 7) is 13.5. The van der Waals surface area contributed by atoms with Crippen LogP contribution < -0.4 is 9.64 Å². The van der Waals surface area contributed by atoms with Crippen LogP contribution in [0.15, 0.2) is 60.9 Å². The molecule has 0 radical (unpaired) electrons. The molecule has 0 aliphatic carbocycles. The van der Waals surface area contributed by atoms with Gasteiger partial charge in [0.25, 0.3) is 0 Å². The summed E-state index contributed by atoms with van der Waals surface area (Å²) < 4.78 is 20.5. The van der Waals surface area contributed by atoms with Crippen LogP contribution in [-0.4, -0.2) is 56.6 Å². The molecule has 1 atom stereocenters. The van der Waals surface area contributed by atoms with E-state index in [2.05, 4.69) is 43.0 Å². The number of rotatable bonds is 3. The predicted octanol–water partition coefficient (Wildman–Crippen LogP) is 7.29. The Morgan fingerprint density at radius 2 is 1.82 bits per heavy atom. The number of carboxylic acid groups (broad SMARTS) is 1. The molecule has 5 heterocycles. The van der Waals surface area contributed by atoms with Gasteiger partial charge in [-0.2, -0.15) is 9.61 Å². The Labute approximate surface area is 264 Å².